The minimum absolute atomic E-state index is 0.0524. The molecular formula is C19H17F2N3O2. The van der Waals surface area contributed by atoms with Gasteiger partial charge in [-0.05, 0) is 36.6 Å². The highest BCUT2D eigenvalue weighted by Crippen LogP contribution is 2.49. The van der Waals surface area contributed by atoms with E-state index in [-0.39, 0.29) is 23.1 Å². The zero-order chi connectivity index (χ0) is 18.5. The van der Waals surface area contributed by atoms with Crippen molar-refractivity contribution >= 4 is 5.91 Å². The summed E-state index contributed by atoms with van der Waals surface area (Å²) in [4.78, 5) is 17.9. The highest BCUT2D eigenvalue weighted by molar-refractivity contribution is 5.91. The molecule has 134 valence electrons. The van der Waals surface area contributed by atoms with Crippen molar-refractivity contribution in [1.29, 1.82) is 0 Å². The minimum atomic E-state index is -0.950. The molecule has 0 N–H and O–H groups in total. The van der Waals surface area contributed by atoms with Crippen LogP contribution in [-0.2, 0) is 15.0 Å². The van der Waals surface area contributed by atoms with Crippen LogP contribution in [0.25, 0.3) is 11.3 Å². The topological polar surface area (TPSA) is 55.3 Å². The summed E-state index contributed by atoms with van der Waals surface area (Å²) in [5.41, 5.74) is 0.286. The lowest BCUT2D eigenvalue weighted by molar-refractivity contribution is -0.174. The van der Waals surface area contributed by atoms with Crippen LogP contribution in [-0.4, -0.2) is 35.3 Å². The number of likely N-dealkylation sites (N-methyl/N-ethyl adjacent to an activating group) is 1. The zero-order valence-corrected chi connectivity index (χ0v) is 14.4. The summed E-state index contributed by atoms with van der Waals surface area (Å²) in [5, 5.41) is 9.45. The molecule has 2 bridgehead atoms. The maximum absolute atomic E-state index is 14.1. The first-order valence-corrected chi connectivity index (χ1v) is 8.32. The van der Waals surface area contributed by atoms with E-state index < -0.39 is 17.0 Å². The van der Waals surface area contributed by atoms with Gasteiger partial charge in [0.05, 0.1) is 24.1 Å². The van der Waals surface area contributed by atoms with Gasteiger partial charge in [-0.3, -0.25) is 9.63 Å². The molecule has 0 radical (unpaired) electrons. The largest absolute Gasteiger partial charge is 0.275 e. The Morgan fingerprint density at radius 2 is 2.04 bits per heavy atom. The number of hydrogen-bond acceptors (Lipinski definition) is 4. The molecule has 0 aliphatic heterocycles. The van der Waals surface area contributed by atoms with Gasteiger partial charge in [0.15, 0.2) is 0 Å². The monoisotopic (exact) mass is 357 g/mol. The van der Waals surface area contributed by atoms with Crippen LogP contribution in [0.4, 0.5) is 8.78 Å². The van der Waals surface area contributed by atoms with Crippen LogP contribution in [0.3, 0.4) is 0 Å². The van der Waals surface area contributed by atoms with Crippen LogP contribution in [0, 0.1) is 11.6 Å². The van der Waals surface area contributed by atoms with Crippen molar-refractivity contribution in [1.82, 2.24) is 15.3 Å². The lowest BCUT2D eigenvalue weighted by atomic mass is 9.63. The molecule has 5 rings (SSSR count). The van der Waals surface area contributed by atoms with Gasteiger partial charge in [-0.15, -0.1) is 5.10 Å². The van der Waals surface area contributed by atoms with Crippen LogP contribution in [0.1, 0.15) is 30.0 Å². The molecule has 3 aliphatic rings. The van der Waals surface area contributed by atoms with Gasteiger partial charge in [-0.2, -0.15) is 5.10 Å². The van der Waals surface area contributed by atoms with E-state index in [2.05, 4.69) is 10.2 Å². The number of nitrogens with zero attached hydrogens (tertiary/aromatic N) is 3. The highest BCUT2D eigenvalue weighted by Gasteiger charge is 2.50. The fourth-order valence-electron chi connectivity index (χ4n) is 3.84. The summed E-state index contributed by atoms with van der Waals surface area (Å²) in [6.07, 6.45) is 5.14. The Bertz CT molecular complexity index is 911. The van der Waals surface area contributed by atoms with Crippen LogP contribution in [0.15, 0.2) is 36.4 Å². The minimum Gasteiger partial charge on any atom is -0.275 e. The Morgan fingerprint density at radius 1 is 1.31 bits per heavy atom. The fourth-order valence-corrected chi connectivity index (χ4v) is 3.84. The van der Waals surface area contributed by atoms with E-state index in [4.69, 9.17) is 4.84 Å². The van der Waals surface area contributed by atoms with E-state index >= 15 is 0 Å². The Hall–Kier alpha value is -2.67. The molecule has 26 heavy (non-hydrogen) atoms. The Balaban J connectivity index is 1.86. The van der Waals surface area contributed by atoms with Crippen molar-refractivity contribution in [3.05, 3.63) is 59.3 Å². The van der Waals surface area contributed by atoms with Crippen molar-refractivity contribution < 1.29 is 18.4 Å². The first-order chi connectivity index (χ1) is 12.5. The van der Waals surface area contributed by atoms with Gasteiger partial charge >= 0.3 is 0 Å². The maximum atomic E-state index is 14.1. The lowest BCUT2D eigenvalue weighted by Crippen LogP contribution is -2.48. The molecule has 1 heterocycles. The zero-order valence-electron chi connectivity index (χ0n) is 14.4. The molecule has 1 amide bonds. The van der Waals surface area contributed by atoms with E-state index in [1.807, 2.05) is 12.2 Å². The summed E-state index contributed by atoms with van der Waals surface area (Å²) in [6, 6.07) is 5.32. The van der Waals surface area contributed by atoms with E-state index in [9.17, 15) is 13.6 Å². The molecule has 0 saturated carbocycles. The van der Waals surface area contributed by atoms with Crippen LogP contribution in [0.2, 0.25) is 0 Å². The van der Waals surface area contributed by atoms with Crippen molar-refractivity contribution in [2.75, 3.05) is 14.2 Å². The summed E-state index contributed by atoms with van der Waals surface area (Å²) in [7, 11) is 2.96. The van der Waals surface area contributed by atoms with Gasteiger partial charge < -0.3 is 0 Å². The number of benzene rings is 1. The van der Waals surface area contributed by atoms with Gasteiger partial charge in [-0.25, -0.2) is 13.8 Å². The molecule has 1 aromatic carbocycles. The molecule has 7 heteroatoms. The molecular weight excluding hydrogens is 340 g/mol. The molecule has 5 nitrogen and oxygen atoms in total. The molecule has 2 aromatic rings. The Kier molecular flexibility index (Phi) is 3.84. The first-order valence-electron chi connectivity index (χ1n) is 8.32. The SMILES string of the molecule is CON(C)C(=O)[C@@]12C=C[C@@H](CC1)c1cc(-c3c(F)cccc3F)nnc12. The third-order valence-electron chi connectivity index (χ3n) is 5.27. The van der Waals surface area contributed by atoms with Gasteiger partial charge in [0.2, 0.25) is 0 Å². The third kappa shape index (κ3) is 2.27. The number of fused-ring (bicyclic) bond motifs is 1. The van der Waals surface area contributed by atoms with E-state index in [1.165, 1.54) is 30.4 Å². The number of rotatable bonds is 3. The van der Waals surface area contributed by atoms with Crippen LogP contribution < -0.4 is 0 Å². The summed E-state index contributed by atoms with van der Waals surface area (Å²) < 4.78 is 28.2. The predicted molar refractivity (Wildman–Crippen MR) is 90.0 cm³/mol. The number of halogens is 2. The normalized spacial score (nSPS) is 23.0. The standard InChI is InChI=1S/C19H17F2N3O2/c1-24(26-2)18(25)19-8-6-11(7-9-19)12-10-15(22-23-17(12)19)16-13(20)4-3-5-14(16)21/h3-6,8,10-11H,7,9H2,1-2H3/t11-,19-/m0/s1. The van der Waals surface area contributed by atoms with E-state index in [1.54, 1.807) is 13.1 Å². The molecule has 0 fully saturated rings. The second-order valence-corrected chi connectivity index (χ2v) is 6.59. The second-order valence-electron chi connectivity index (χ2n) is 6.59. The van der Waals surface area contributed by atoms with Gasteiger partial charge in [0.25, 0.3) is 5.91 Å². The number of hydroxylamine groups is 2. The molecule has 0 unspecified atom stereocenters. The van der Waals surface area contributed by atoms with Crippen molar-refractivity contribution in [3.8, 4) is 11.3 Å². The predicted octanol–water partition coefficient (Wildman–Crippen LogP) is 3.13. The average molecular weight is 357 g/mol. The summed E-state index contributed by atoms with van der Waals surface area (Å²) in [5.74, 6) is -1.58. The summed E-state index contributed by atoms with van der Waals surface area (Å²) >= 11 is 0. The molecule has 2 atom stereocenters. The van der Waals surface area contributed by atoms with Crippen LogP contribution in [0.5, 0.6) is 0 Å². The average Bonchev–Trinajstić information content (AvgIpc) is 2.67. The highest BCUT2D eigenvalue weighted by atomic mass is 19.1. The second kappa shape index (κ2) is 5.95. The van der Waals surface area contributed by atoms with Crippen molar-refractivity contribution in [3.63, 3.8) is 0 Å². The molecule has 3 aliphatic carbocycles. The van der Waals surface area contributed by atoms with Crippen molar-refractivity contribution in [2.24, 2.45) is 0 Å². The quantitative estimate of drug-likeness (QED) is 0.626. The number of aromatic nitrogens is 2. The number of carbonyl (C=O) groups is 1. The van der Waals surface area contributed by atoms with Gasteiger partial charge in [0, 0.05) is 13.0 Å². The van der Waals surface area contributed by atoms with Crippen molar-refractivity contribution in [2.45, 2.75) is 24.2 Å². The van der Waals surface area contributed by atoms with Crippen LogP contribution >= 0.6 is 0 Å². The number of amides is 1. The smallest absolute Gasteiger partial charge is 0.262 e. The Morgan fingerprint density at radius 3 is 2.65 bits per heavy atom. The van der Waals surface area contributed by atoms with Gasteiger partial charge in [0.1, 0.15) is 17.0 Å². The maximum Gasteiger partial charge on any atom is 0.262 e. The number of hydrogen-bond donors (Lipinski definition) is 0. The summed E-state index contributed by atoms with van der Waals surface area (Å²) in [6.45, 7) is 0. The molecule has 1 aromatic heterocycles. The Labute approximate surface area is 149 Å². The number of carbonyl (C=O) groups excluding carboxylic acids is 1. The number of allylic oxidation sites excluding steroid dienone is 1. The fraction of sp³-hybridized carbons (Fsp3) is 0.316. The van der Waals surface area contributed by atoms with E-state index in [0.717, 1.165) is 12.0 Å². The molecule has 0 saturated heterocycles. The first kappa shape index (κ1) is 16.8. The molecule has 0 spiro atoms. The third-order valence-corrected chi connectivity index (χ3v) is 5.27. The van der Waals surface area contributed by atoms with E-state index in [0.29, 0.717) is 12.1 Å². The lowest BCUT2D eigenvalue weighted by Gasteiger charge is -2.42. The van der Waals surface area contributed by atoms with Gasteiger partial charge in [-0.1, -0.05) is 18.2 Å².